The highest BCUT2D eigenvalue weighted by Gasteiger charge is 2.32. The summed E-state index contributed by atoms with van der Waals surface area (Å²) in [6, 6.07) is 0. The molecule has 6 heteroatoms. The molecule has 0 amide bonds. The van der Waals surface area contributed by atoms with Gasteiger partial charge in [-0.05, 0) is 41.1 Å². The molecule has 0 radical (unpaired) electrons. The van der Waals surface area contributed by atoms with Crippen molar-refractivity contribution in [1.29, 1.82) is 0 Å². The molecule has 2 rings (SSSR count). The molecule has 3 N–H and O–H groups in total. The molecule has 1 fully saturated rings. The first-order valence-corrected chi connectivity index (χ1v) is 8.54. The first kappa shape index (κ1) is 16.5. The Morgan fingerprint density at radius 1 is 1.48 bits per heavy atom. The number of aromatic nitrogens is 2. The van der Waals surface area contributed by atoms with Crippen molar-refractivity contribution in [3.8, 4) is 0 Å². The van der Waals surface area contributed by atoms with Crippen LogP contribution in [-0.2, 0) is 0 Å². The minimum atomic E-state index is -0.626. The van der Waals surface area contributed by atoms with Gasteiger partial charge in [0, 0.05) is 19.3 Å². The number of aliphatic hydroxyl groups is 1. The Kier molecular flexibility index (Phi) is 5.81. The van der Waals surface area contributed by atoms with Gasteiger partial charge in [0.25, 0.3) is 0 Å². The second kappa shape index (κ2) is 7.40. The van der Waals surface area contributed by atoms with Crippen molar-refractivity contribution >= 4 is 27.7 Å². The van der Waals surface area contributed by atoms with E-state index in [1.807, 2.05) is 0 Å². The van der Waals surface area contributed by atoms with Crippen LogP contribution in [0.3, 0.4) is 0 Å². The van der Waals surface area contributed by atoms with Gasteiger partial charge in [0.1, 0.15) is 5.82 Å². The minimum absolute atomic E-state index is 0.528. The van der Waals surface area contributed by atoms with E-state index in [2.05, 4.69) is 50.4 Å². The lowest BCUT2D eigenvalue weighted by atomic mass is 9.79. The largest absolute Gasteiger partial charge is 0.388 e. The molecule has 21 heavy (non-hydrogen) atoms. The number of hydrogen-bond acceptors (Lipinski definition) is 5. The molecular weight excluding hydrogens is 332 g/mol. The highest BCUT2D eigenvalue weighted by atomic mass is 79.9. The lowest BCUT2D eigenvalue weighted by Gasteiger charge is -2.35. The van der Waals surface area contributed by atoms with Crippen LogP contribution in [-0.4, -0.2) is 33.8 Å². The van der Waals surface area contributed by atoms with Crippen molar-refractivity contribution < 1.29 is 5.11 Å². The first-order chi connectivity index (χ1) is 10.0. The normalized spacial score (nSPS) is 25.6. The van der Waals surface area contributed by atoms with Crippen LogP contribution in [0.15, 0.2) is 10.7 Å². The maximum absolute atomic E-state index is 10.7. The summed E-state index contributed by atoms with van der Waals surface area (Å²) < 4.78 is 0.817. The summed E-state index contributed by atoms with van der Waals surface area (Å²) in [4.78, 5) is 8.68. The summed E-state index contributed by atoms with van der Waals surface area (Å²) >= 11 is 3.46. The fourth-order valence-corrected chi connectivity index (χ4v) is 3.19. The summed E-state index contributed by atoms with van der Waals surface area (Å²) in [5.41, 5.74) is -0.626. The van der Waals surface area contributed by atoms with Crippen molar-refractivity contribution in [1.82, 2.24) is 9.97 Å². The molecule has 1 aliphatic rings. The molecule has 1 aromatic heterocycles. The van der Waals surface area contributed by atoms with E-state index < -0.39 is 5.60 Å². The highest BCUT2D eigenvalue weighted by molar-refractivity contribution is 9.10. The van der Waals surface area contributed by atoms with Gasteiger partial charge < -0.3 is 15.7 Å². The monoisotopic (exact) mass is 356 g/mol. The van der Waals surface area contributed by atoms with Crippen LogP contribution < -0.4 is 10.6 Å². The molecular formula is C15H25BrN4O. The Labute approximate surface area is 135 Å². The number of hydrogen-bond donors (Lipinski definition) is 3. The fraction of sp³-hybridized carbons (Fsp3) is 0.733. The SMILES string of the molecule is CCCNc1ncc(Br)c(NCC2(O)CCCC(C)C2)n1. The summed E-state index contributed by atoms with van der Waals surface area (Å²) in [5, 5.41) is 17.1. The first-order valence-electron chi connectivity index (χ1n) is 7.75. The maximum Gasteiger partial charge on any atom is 0.224 e. The summed E-state index contributed by atoms with van der Waals surface area (Å²) in [7, 11) is 0. The van der Waals surface area contributed by atoms with Gasteiger partial charge in [-0.1, -0.05) is 26.7 Å². The number of nitrogens with one attached hydrogen (secondary N) is 2. The molecule has 1 heterocycles. The van der Waals surface area contributed by atoms with Crippen molar-refractivity contribution in [3.05, 3.63) is 10.7 Å². The van der Waals surface area contributed by atoms with Gasteiger partial charge in [-0.3, -0.25) is 0 Å². The smallest absolute Gasteiger partial charge is 0.224 e. The Balaban J connectivity index is 1.98. The van der Waals surface area contributed by atoms with Gasteiger partial charge in [-0.15, -0.1) is 0 Å². The van der Waals surface area contributed by atoms with Crippen LogP contribution in [0.25, 0.3) is 0 Å². The summed E-state index contributed by atoms with van der Waals surface area (Å²) in [5.74, 6) is 1.93. The fourth-order valence-electron chi connectivity index (χ4n) is 2.85. The standard InChI is InChI=1S/C15H25BrN4O/c1-3-7-17-14-18-9-12(16)13(20-14)19-10-15(21)6-4-5-11(2)8-15/h9,11,21H,3-8,10H2,1-2H3,(H2,17,18,19,20). The number of rotatable bonds is 6. The van der Waals surface area contributed by atoms with E-state index in [-0.39, 0.29) is 0 Å². The molecule has 0 saturated heterocycles. The van der Waals surface area contributed by atoms with Gasteiger partial charge in [-0.25, -0.2) is 4.98 Å². The van der Waals surface area contributed by atoms with Gasteiger partial charge in [0.05, 0.1) is 10.1 Å². The van der Waals surface area contributed by atoms with Crippen LogP contribution in [0.2, 0.25) is 0 Å². The third-order valence-electron chi connectivity index (χ3n) is 3.93. The van der Waals surface area contributed by atoms with Crippen molar-refractivity contribution in [2.75, 3.05) is 23.7 Å². The van der Waals surface area contributed by atoms with E-state index in [0.29, 0.717) is 18.4 Å². The van der Waals surface area contributed by atoms with Crippen LogP contribution in [0.5, 0.6) is 0 Å². The molecule has 2 atom stereocenters. The Morgan fingerprint density at radius 2 is 2.29 bits per heavy atom. The second-order valence-electron chi connectivity index (χ2n) is 6.10. The number of anilines is 2. The molecule has 0 aromatic carbocycles. The van der Waals surface area contributed by atoms with E-state index in [9.17, 15) is 5.11 Å². The van der Waals surface area contributed by atoms with Crippen molar-refractivity contribution in [3.63, 3.8) is 0 Å². The van der Waals surface area contributed by atoms with Gasteiger partial charge in [-0.2, -0.15) is 4.98 Å². The lowest BCUT2D eigenvalue weighted by molar-refractivity contribution is -0.000838. The zero-order valence-electron chi connectivity index (χ0n) is 12.8. The molecule has 118 valence electrons. The zero-order valence-corrected chi connectivity index (χ0v) is 14.4. The maximum atomic E-state index is 10.7. The average Bonchev–Trinajstić information content (AvgIpc) is 2.45. The van der Waals surface area contributed by atoms with E-state index in [0.717, 1.165) is 42.5 Å². The van der Waals surface area contributed by atoms with Crippen LogP contribution in [0.4, 0.5) is 11.8 Å². The minimum Gasteiger partial charge on any atom is -0.388 e. The highest BCUT2D eigenvalue weighted by Crippen LogP contribution is 2.32. The topological polar surface area (TPSA) is 70.1 Å². The van der Waals surface area contributed by atoms with E-state index >= 15 is 0 Å². The summed E-state index contributed by atoms with van der Waals surface area (Å²) in [6.07, 6.45) is 6.77. The summed E-state index contributed by atoms with van der Waals surface area (Å²) in [6.45, 7) is 5.69. The second-order valence-corrected chi connectivity index (χ2v) is 6.95. The van der Waals surface area contributed by atoms with Crippen molar-refractivity contribution in [2.45, 2.75) is 51.6 Å². The molecule has 5 nitrogen and oxygen atoms in total. The zero-order chi connectivity index (χ0) is 15.3. The van der Waals surface area contributed by atoms with E-state index in [1.165, 1.54) is 6.42 Å². The number of nitrogens with zero attached hydrogens (tertiary/aromatic N) is 2. The number of halogens is 1. The molecule has 1 saturated carbocycles. The predicted octanol–water partition coefficient (Wildman–Crippen LogP) is 3.41. The molecule has 0 aliphatic heterocycles. The van der Waals surface area contributed by atoms with E-state index in [1.54, 1.807) is 6.20 Å². The Hall–Kier alpha value is -0.880. The lowest BCUT2D eigenvalue weighted by Crippen LogP contribution is -2.41. The molecule has 1 aromatic rings. The molecule has 0 bridgehead atoms. The molecule has 0 spiro atoms. The van der Waals surface area contributed by atoms with Crippen LogP contribution in [0.1, 0.15) is 46.0 Å². The van der Waals surface area contributed by atoms with E-state index in [4.69, 9.17) is 0 Å². The quantitative estimate of drug-likeness (QED) is 0.728. The molecule has 2 unspecified atom stereocenters. The molecule has 1 aliphatic carbocycles. The van der Waals surface area contributed by atoms with Gasteiger partial charge in [0.15, 0.2) is 0 Å². The average molecular weight is 357 g/mol. The van der Waals surface area contributed by atoms with Gasteiger partial charge in [0.2, 0.25) is 5.95 Å². The predicted molar refractivity (Wildman–Crippen MR) is 89.6 cm³/mol. The third-order valence-corrected chi connectivity index (χ3v) is 4.51. The van der Waals surface area contributed by atoms with Crippen molar-refractivity contribution in [2.24, 2.45) is 5.92 Å². The Morgan fingerprint density at radius 3 is 3.00 bits per heavy atom. The Bertz CT molecular complexity index is 471. The van der Waals surface area contributed by atoms with Crippen LogP contribution in [0, 0.1) is 5.92 Å². The third kappa shape index (κ3) is 4.81. The van der Waals surface area contributed by atoms with Crippen LogP contribution >= 0.6 is 15.9 Å². The van der Waals surface area contributed by atoms with Gasteiger partial charge >= 0.3 is 0 Å².